The highest BCUT2D eigenvalue weighted by molar-refractivity contribution is 7.89. The van der Waals surface area contributed by atoms with Gasteiger partial charge in [0.15, 0.2) is 11.5 Å². The van der Waals surface area contributed by atoms with Crippen LogP contribution in [-0.2, 0) is 16.6 Å². The number of hydrogen-bond donors (Lipinski definition) is 1. The SMILES string of the molecule is COc1ccc(/C=N/NS(=O)(=O)c2ccc(C)cc2)cc1OCc1ccccc1. The molecule has 6 nitrogen and oxygen atoms in total. The number of nitrogens with one attached hydrogen (secondary N) is 1. The van der Waals surface area contributed by atoms with Crippen LogP contribution in [0.1, 0.15) is 16.7 Å². The van der Waals surface area contributed by atoms with E-state index in [4.69, 9.17) is 9.47 Å². The molecular weight excluding hydrogens is 388 g/mol. The summed E-state index contributed by atoms with van der Waals surface area (Å²) >= 11 is 0. The van der Waals surface area contributed by atoms with Gasteiger partial charge in [0.2, 0.25) is 0 Å². The van der Waals surface area contributed by atoms with Gasteiger partial charge < -0.3 is 9.47 Å². The third-order valence-electron chi connectivity index (χ3n) is 4.14. The topological polar surface area (TPSA) is 77.0 Å². The van der Waals surface area contributed by atoms with Crippen molar-refractivity contribution in [3.63, 3.8) is 0 Å². The number of hydrazone groups is 1. The minimum atomic E-state index is -3.72. The standard InChI is InChI=1S/C22H22N2O4S/c1-17-8-11-20(12-9-17)29(25,26)24-23-15-19-10-13-21(27-2)22(14-19)28-16-18-6-4-3-5-7-18/h3-15,24H,16H2,1-2H3/b23-15+. The van der Waals surface area contributed by atoms with Gasteiger partial charge in [-0.1, -0.05) is 48.0 Å². The molecule has 0 radical (unpaired) electrons. The Bertz CT molecular complexity index is 1080. The second-order valence-electron chi connectivity index (χ2n) is 6.35. The van der Waals surface area contributed by atoms with Gasteiger partial charge in [0.25, 0.3) is 10.0 Å². The molecule has 0 saturated heterocycles. The van der Waals surface area contributed by atoms with Crippen LogP contribution in [0.3, 0.4) is 0 Å². The number of nitrogens with zero attached hydrogens (tertiary/aromatic N) is 1. The van der Waals surface area contributed by atoms with E-state index in [0.717, 1.165) is 11.1 Å². The van der Waals surface area contributed by atoms with E-state index in [9.17, 15) is 8.42 Å². The second kappa shape index (κ2) is 9.25. The molecule has 3 rings (SSSR count). The molecule has 150 valence electrons. The number of aryl methyl sites for hydroxylation is 1. The Morgan fingerprint density at radius 2 is 1.69 bits per heavy atom. The van der Waals surface area contributed by atoms with Gasteiger partial charge in [-0.2, -0.15) is 13.5 Å². The fourth-order valence-electron chi connectivity index (χ4n) is 2.56. The largest absolute Gasteiger partial charge is 0.493 e. The highest BCUT2D eigenvalue weighted by Crippen LogP contribution is 2.28. The molecule has 0 aliphatic heterocycles. The first kappa shape index (κ1) is 20.4. The monoisotopic (exact) mass is 410 g/mol. The molecule has 0 aromatic heterocycles. The molecule has 1 N–H and O–H groups in total. The Labute approximate surface area is 170 Å². The van der Waals surface area contributed by atoms with Crippen LogP contribution in [0.25, 0.3) is 0 Å². The molecule has 0 atom stereocenters. The summed E-state index contributed by atoms with van der Waals surface area (Å²) in [5.74, 6) is 1.13. The number of methoxy groups -OCH3 is 1. The van der Waals surface area contributed by atoms with Crippen molar-refractivity contribution in [3.8, 4) is 11.5 Å². The van der Waals surface area contributed by atoms with Gasteiger partial charge in [-0.3, -0.25) is 0 Å². The predicted molar refractivity (Wildman–Crippen MR) is 113 cm³/mol. The van der Waals surface area contributed by atoms with E-state index in [1.165, 1.54) is 18.3 Å². The molecule has 0 aliphatic carbocycles. The zero-order chi connectivity index (χ0) is 20.7. The second-order valence-corrected chi connectivity index (χ2v) is 8.01. The van der Waals surface area contributed by atoms with Crippen LogP contribution in [0, 0.1) is 6.92 Å². The fourth-order valence-corrected chi connectivity index (χ4v) is 3.35. The van der Waals surface area contributed by atoms with Gasteiger partial charge in [-0.25, -0.2) is 4.83 Å². The molecule has 0 bridgehead atoms. The summed E-state index contributed by atoms with van der Waals surface area (Å²) in [7, 11) is -2.16. The van der Waals surface area contributed by atoms with Gasteiger partial charge in [-0.05, 0) is 48.4 Å². The number of hydrogen-bond acceptors (Lipinski definition) is 5. The lowest BCUT2D eigenvalue weighted by Gasteiger charge is -2.11. The summed E-state index contributed by atoms with van der Waals surface area (Å²) in [5, 5.41) is 3.87. The molecule has 3 aromatic rings. The van der Waals surface area contributed by atoms with Gasteiger partial charge in [0.05, 0.1) is 18.2 Å². The Morgan fingerprint density at radius 3 is 2.38 bits per heavy atom. The third-order valence-corrected chi connectivity index (χ3v) is 5.38. The molecule has 7 heteroatoms. The van der Waals surface area contributed by atoms with Crippen molar-refractivity contribution < 1.29 is 17.9 Å². The van der Waals surface area contributed by atoms with E-state index in [0.29, 0.717) is 23.7 Å². The maximum absolute atomic E-state index is 12.3. The zero-order valence-electron chi connectivity index (χ0n) is 16.2. The van der Waals surface area contributed by atoms with Crippen molar-refractivity contribution in [2.24, 2.45) is 5.10 Å². The van der Waals surface area contributed by atoms with Gasteiger partial charge in [-0.15, -0.1) is 0 Å². The number of sulfonamides is 1. The molecule has 0 spiro atoms. The highest BCUT2D eigenvalue weighted by Gasteiger charge is 2.12. The van der Waals surface area contributed by atoms with Crippen molar-refractivity contribution in [2.75, 3.05) is 7.11 Å². The molecule has 3 aromatic carbocycles. The molecule has 0 amide bonds. The Hall–Kier alpha value is -3.32. The first-order chi connectivity index (χ1) is 14.0. The zero-order valence-corrected chi connectivity index (χ0v) is 17.0. The first-order valence-corrected chi connectivity index (χ1v) is 10.4. The predicted octanol–water partition coefficient (Wildman–Crippen LogP) is 3.90. The van der Waals surface area contributed by atoms with Gasteiger partial charge in [0.1, 0.15) is 6.61 Å². The van der Waals surface area contributed by atoms with Gasteiger partial charge in [0, 0.05) is 0 Å². The molecule has 0 aliphatic rings. The lowest BCUT2D eigenvalue weighted by atomic mass is 10.2. The van der Waals surface area contributed by atoms with E-state index in [1.54, 1.807) is 37.4 Å². The van der Waals surface area contributed by atoms with Crippen LogP contribution in [0.5, 0.6) is 11.5 Å². The smallest absolute Gasteiger partial charge is 0.276 e. The molecule has 0 saturated carbocycles. The Morgan fingerprint density at radius 1 is 0.966 bits per heavy atom. The van der Waals surface area contributed by atoms with E-state index >= 15 is 0 Å². The molecular formula is C22H22N2O4S. The van der Waals surface area contributed by atoms with Crippen LogP contribution >= 0.6 is 0 Å². The third kappa shape index (κ3) is 5.58. The summed E-state index contributed by atoms with van der Waals surface area (Å²) in [6.07, 6.45) is 1.42. The number of rotatable bonds is 8. The van der Waals surface area contributed by atoms with Crippen molar-refractivity contribution in [1.82, 2.24) is 4.83 Å². The lowest BCUT2D eigenvalue weighted by Crippen LogP contribution is -2.18. The van der Waals surface area contributed by atoms with E-state index in [-0.39, 0.29) is 4.90 Å². The Kier molecular flexibility index (Phi) is 6.51. The lowest BCUT2D eigenvalue weighted by molar-refractivity contribution is 0.284. The van der Waals surface area contributed by atoms with E-state index < -0.39 is 10.0 Å². The van der Waals surface area contributed by atoms with Crippen LogP contribution in [0.15, 0.2) is 82.8 Å². The highest BCUT2D eigenvalue weighted by atomic mass is 32.2. The summed E-state index contributed by atoms with van der Waals surface area (Å²) in [5.41, 5.74) is 2.67. The summed E-state index contributed by atoms with van der Waals surface area (Å²) in [4.78, 5) is 2.37. The van der Waals surface area contributed by atoms with Crippen molar-refractivity contribution >= 4 is 16.2 Å². The van der Waals surface area contributed by atoms with E-state index in [2.05, 4.69) is 9.93 Å². The number of ether oxygens (including phenoxy) is 2. The molecule has 0 fully saturated rings. The van der Waals surface area contributed by atoms with Crippen molar-refractivity contribution in [3.05, 3.63) is 89.5 Å². The van der Waals surface area contributed by atoms with Crippen LogP contribution in [0.2, 0.25) is 0 Å². The summed E-state index contributed by atoms with van der Waals surface area (Å²) in [6.45, 7) is 2.28. The Balaban J connectivity index is 1.71. The van der Waals surface area contributed by atoms with Crippen molar-refractivity contribution in [2.45, 2.75) is 18.4 Å². The van der Waals surface area contributed by atoms with Crippen LogP contribution < -0.4 is 14.3 Å². The molecule has 29 heavy (non-hydrogen) atoms. The first-order valence-electron chi connectivity index (χ1n) is 8.94. The van der Waals surface area contributed by atoms with Gasteiger partial charge >= 0.3 is 0 Å². The van der Waals surface area contributed by atoms with Crippen molar-refractivity contribution in [1.29, 1.82) is 0 Å². The quantitative estimate of drug-likeness (QED) is 0.451. The number of benzene rings is 3. The minimum absolute atomic E-state index is 0.155. The molecule has 0 unspecified atom stereocenters. The van der Waals surface area contributed by atoms with Crippen LogP contribution in [-0.4, -0.2) is 21.7 Å². The summed E-state index contributed by atoms with van der Waals surface area (Å²) < 4.78 is 35.8. The average Bonchev–Trinajstić information content (AvgIpc) is 2.73. The minimum Gasteiger partial charge on any atom is -0.493 e. The fraction of sp³-hybridized carbons (Fsp3) is 0.136. The van der Waals surface area contributed by atoms with Crippen LogP contribution in [0.4, 0.5) is 0 Å². The van der Waals surface area contributed by atoms with E-state index in [1.807, 2.05) is 37.3 Å². The maximum atomic E-state index is 12.3. The normalized spacial score (nSPS) is 11.4. The summed E-state index contributed by atoms with van der Waals surface area (Å²) in [6, 6.07) is 21.6. The maximum Gasteiger partial charge on any atom is 0.276 e. The molecule has 0 heterocycles. The average molecular weight is 410 g/mol.